The number of nitrogens with zero attached hydrogens (tertiary/aromatic N) is 1. The number of ether oxygens (including phenoxy) is 1. The van der Waals surface area contributed by atoms with Crippen LogP contribution in [0.15, 0.2) is 41.3 Å². The van der Waals surface area contributed by atoms with Gasteiger partial charge in [0.15, 0.2) is 11.9 Å². The lowest BCUT2D eigenvalue weighted by atomic mass is 9.98. The van der Waals surface area contributed by atoms with E-state index in [2.05, 4.69) is 10.6 Å². The molecule has 0 aromatic heterocycles. The molecule has 34 heavy (non-hydrogen) atoms. The van der Waals surface area contributed by atoms with Gasteiger partial charge in [0.25, 0.3) is 5.91 Å². The fourth-order valence-corrected chi connectivity index (χ4v) is 5.94. The number of anilines is 2. The number of ketones is 1. The molecule has 0 bridgehead atoms. The van der Waals surface area contributed by atoms with Gasteiger partial charge < -0.3 is 15.4 Å². The van der Waals surface area contributed by atoms with Crippen molar-refractivity contribution in [3.05, 3.63) is 47.5 Å². The normalized spacial score (nSPS) is 20.6. The quantitative estimate of drug-likeness (QED) is 0.628. The average Bonchev–Trinajstić information content (AvgIpc) is 2.80. The minimum Gasteiger partial charge on any atom is -0.479 e. The van der Waals surface area contributed by atoms with Crippen LogP contribution in [0.25, 0.3) is 0 Å². The van der Waals surface area contributed by atoms with E-state index in [1.54, 1.807) is 44.2 Å². The maximum atomic E-state index is 13.5. The van der Waals surface area contributed by atoms with Crippen molar-refractivity contribution >= 4 is 39.0 Å². The van der Waals surface area contributed by atoms with E-state index in [0.717, 1.165) is 0 Å². The number of fused-ring (bicyclic) bond motifs is 1. The molecule has 2 heterocycles. The first-order valence-corrected chi connectivity index (χ1v) is 12.5. The van der Waals surface area contributed by atoms with Crippen molar-refractivity contribution in [2.24, 2.45) is 5.92 Å². The highest BCUT2D eigenvalue weighted by Crippen LogP contribution is 2.36. The van der Waals surface area contributed by atoms with Crippen LogP contribution in [0.1, 0.15) is 42.6 Å². The maximum absolute atomic E-state index is 13.5. The average molecular weight is 486 g/mol. The van der Waals surface area contributed by atoms with Crippen LogP contribution in [0.2, 0.25) is 0 Å². The van der Waals surface area contributed by atoms with Gasteiger partial charge in [-0.25, -0.2) is 8.42 Å². The summed E-state index contributed by atoms with van der Waals surface area (Å²) in [4.78, 5) is 36.5. The number of benzene rings is 2. The van der Waals surface area contributed by atoms with E-state index in [0.29, 0.717) is 47.6 Å². The standard InChI is InChI=1S/C24H27N3O6S/c1-14-10-20-21(33-16(3)23(29)26-20)12-22(14)34(31,32)27-9-5-7-18(13-27)24(30)25-19-8-4-6-17(11-19)15(2)28/h4,6,8,10-12,16,18H,5,7,9,13H2,1-3H3,(H,25,30)(H,26,29)/t16-,18-/m1/s1. The number of nitrogens with one attached hydrogen (secondary N) is 2. The molecule has 2 aliphatic heterocycles. The first-order valence-electron chi connectivity index (χ1n) is 11.1. The number of hydrogen-bond acceptors (Lipinski definition) is 6. The molecular weight excluding hydrogens is 458 g/mol. The van der Waals surface area contributed by atoms with Crippen molar-refractivity contribution in [2.45, 2.75) is 44.6 Å². The first kappa shape index (κ1) is 23.9. The molecular formula is C24H27N3O6S. The molecule has 1 fully saturated rings. The SMILES string of the molecule is CC(=O)c1cccc(NC(=O)[C@@H]2CCCN(S(=O)(=O)c3cc4c(cc3C)NC(=O)[C@@H](C)O4)C2)c1. The molecule has 9 nitrogen and oxygen atoms in total. The van der Waals surface area contributed by atoms with Crippen LogP contribution in [0.4, 0.5) is 11.4 Å². The highest BCUT2D eigenvalue weighted by atomic mass is 32.2. The van der Waals surface area contributed by atoms with Crippen LogP contribution in [0.5, 0.6) is 5.75 Å². The van der Waals surface area contributed by atoms with E-state index >= 15 is 0 Å². The lowest BCUT2D eigenvalue weighted by molar-refractivity contribution is -0.123. The molecule has 0 radical (unpaired) electrons. The second-order valence-corrected chi connectivity index (χ2v) is 10.6. The molecule has 180 valence electrons. The van der Waals surface area contributed by atoms with Gasteiger partial charge in [-0.2, -0.15) is 4.31 Å². The summed E-state index contributed by atoms with van der Waals surface area (Å²) in [6.45, 7) is 5.05. The van der Waals surface area contributed by atoms with E-state index in [1.807, 2.05) is 0 Å². The molecule has 2 aromatic rings. The summed E-state index contributed by atoms with van der Waals surface area (Å²) >= 11 is 0. The zero-order valence-corrected chi connectivity index (χ0v) is 20.1. The van der Waals surface area contributed by atoms with Crippen molar-refractivity contribution in [1.29, 1.82) is 0 Å². The second kappa shape index (κ2) is 9.19. The third kappa shape index (κ3) is 4.69. The predicted octanol–water partition coefficient (Wildman–Crippen LogP) is 2.96. The van der Waals surface area contributed by atoms with Gasteiger partial charge in [-0.1, -0.05) is 12.1 Å². The minimum atomic E-state index is -3.90. The molecule has 4 rings (SSSR count). The number of carbonyl (C=O) groups is 3. The Bertz CT molecular complexity index is 1270. The molecule has 0 saturated carbocycles. The number of aryl methyl sites for hydroxylation is 1. The fraction of sp³-hybridized carbons (Fsp3) is 0.375. The summed E-state index contributed by atoms with van der Waals surface area (Å²) in [5.74, 6) is -0.917. The molecule has 2 amide bonds. The Morgan fingerprint density at radius 1 is 1.21 bits per heavy atom. The summed E-state index contributed by atoms with van der Waals surface area (Å²) in [5, 5.41) is 5.53. The van der Waals surface area contributed by atoms with E-state index in [4.69, 9.17) is 4.74 Å². The third-order valence-corrected chi connectivity index (χ3v) is 8.12. The topological polar surface area (TPSA) is 122 Å². The van der Waals surface area contributed by atoms with E-state index < -0.39 is 22.0 Å². The molecule has 0 unspecified atom stereocenters. The molecule has 2 aromatic carbocycles. The third-order valence-electron chi connectivity index (χ3n) is 6.12. The zero-order chi connectivity index (χ0) is 24.6. The van der Waals surface area contributed by atoms with Crippen molar-refractivity contribution in [1.82, 2.24) is 4.31 Å². The molecule has 2 aliphatic rings. The number of hydrogen-bond donors (Lipinski definition) is 2. The van der Waals surface area contributed by atoms with Gasteiger partial charge in [0.1, 0.15) is 5.75 Å². The zero-order valence-electron chi connectivity index (χ0n) is 19.3. The maximum Gasteiger partial charge on any atom is 0.265 e. The predicted molar refractivity (Wildman–Crippen MR) is 126 cm³/mol. The van der Waals surface area contributed by atoms with Gasteiger partial charge in [0.2, 0.25) is 15.9 Å². The summed E-state index contributed by atoms with van der Waals surface area (Å²) in [6, 6.07) is 9.68. The second-order valence-electron chi connectivity index (χ2n) is 8.69. The van der Waals surface area contributed by atoms with Gasteiger partial charge in [0.05, 0.1) is 16.5 Å². The van der Waals surface area contributed by atoms with Crippen molar-refractivity contribution < 1.29 is 27.5 Å². The summed E-state index contributed by atoms with van der Waals surface area (Å²) in [6.07, 6.45) is 0.369. The summed E-state index contributed by atoms with van der Waals surface area (Å²) in [5.41, 5.74) is 1.89. The fourth-order valence-electron chi connectivity index (χ4n) is 4.19. The van der Waals surface area contributed by atoms with Crippen molar-refractivity contribution in [3.8, 4) is 5.75 Å². The van der Waals surface area contributed by atoms with E-state index in [1.165, 1.54) is 17.3 Å². The molecule has 0 spiro atoms. The highest BCUT2D eigenvalue weighted by Gasteiger charge is 2.35. The highest BCUT2D eigenvalue weighted by molar-refractivity contribution is 7.89. The molecule has 1 saturated heterocycles. The number of piperidine rings is 1. The van der Waals surface area contributed by atoms with Gasteiger partial charge in [-0.05, 0) is 57.4 Å². The lowest BCUT2D eigenvalue weighted by Gasteiger charge is -2.32. The van der Waals surface area contributed by atoms with Crippen LogP contribution in [-0.4, -0.2) is 49.5 Å². The Morgan fingerprint density at radius 2 is 1.97 bits per heavy atom. The van der Waals surface area contributed by atoms with E-state index in [-0.39, 0.29) is 29.0 Å². The number of amides is 2. The number of carbonyl (C=O) groups excluding carboxylic acids is 3. The molecule has 2 N–H and O–H groups in total. The van der Waals surface area contributed by atoms with Crippen molar-refractivity contribution in [3.63, 3.8) is 0 Å². The Labute approximate surface area is 198 Å². The smallest absolute Gasteiger partial charge is 0.265 e. The van der Waals surface area contributed by atoms with Gasteiger partial charge in [0, 0.05) is 30.4 Å². The van der Waals surface area contributed by atoms with Crippen molar-refractivity contribution in [2.75, 3.05) is 23.7 Å². The van der Waals surface area contributed by atoms with Crippen LogP contribution in [0.3, 0.4) is 0 Å². The van der Waals surface area contributed by atoms with E-state index in [9.17, 15) is 22.8 Å². The summed E-state index contributed by atoms with van der Waals surface area (Å²) < 4.78 is 33.9. The Balaban J connectivity index is 1.53. The van der Waals surface area contributed by atoms with Crippen LogP contribution in [-0.2, 0) is 19.6 Å². The Kier molecular flexibility index (Phi) is 6.46. The van der Waals surface area contributed by atoms with Crippen LogP contribution >= 0.6 is 0 Å². The largest absolute Gasteiger partial charge is 0.479 e. The van der Waals surface area contributed by atoms with Gasteiger partial charge in [-0.15, -0.1) is 0 Å². The number of rotatable bonds is 5. The Morgan fingerprint density at radius 3 is 2.71 bits per heavy atom. The van der Waals surface area contributed by atoms with Crippen LogP contribution in [0, 0.1) is 12.8 Å². The molecule has 10 heteroatoms. The van der Waals surface area contributed by atoms with Gasteiger partial charge in [-0.3, -0.25) is 14.4 Å². The number of sulfonamides is 1. The monoisotopic (exact) mass is 485 g/mol. The lowest BCUT2D eigenvalue weighted by Crippen LogP contribution is -2.44. The van der Waals surface area contributed by atoms with Gasteiger partial charge >= 0.3 is 0 Å². The molecule has 2 atom stereocenters. The number of Topliss-reactive ketones (excluding diaryl/α,β-unsaturated/α-hetero) is 1. The van der Waals surface area contributed by atoms with Crippen LogP contribution < -0.4 is 15.4 Å². The Hall–Kier alpha value is -3.24. The minimum absolute atomic E-state index is 0.0467. The first-order chi connectivity index (χ1) is 16.1. The summed E-state index contributed by atoms with van der Waals surface area (Å²) in [7, 11) is -3.90. The molecule has 0 aliphatic carbocycles.